The molecule has 2 aliphatic heterocycles. The molecular formula is C90H128N24O18S. The Hall–Kier alpha value is -13.5. The summed E-state index contributed by atoms with van der Waals surface area (Å²) in [5, 5.41) is 49.5. The lowest BCUT2D eigenvalue weighted by atomic mass is 9.98. The zero-order valence-corrected chi connectivity index (χ0v) is 77.4. The van der Waals surface area contributed by atoms with Crippen LogP contribution >= 0.6 is 11.8 Å². The highest BCUT2D eigenvalue weighted by Gasteiger charge is 2.44. The van der Waals surface area contributed by atoms with Crippen LogP contribution in [0.25, 0.3) is 21.8 Å². The smallest absolute Gasteiger partial charge is 0.246 e. The number of amides is 17. The zero-order chi connectivity index (χ0) is 97.3. The fourth-order valence-electron chi connectivity index (χ4n) is 16.0. The SMILES string of the molecule is CCCC[C@H]1C(=O)N(C)[C@@H](CCCC)C(=O)N[C@@H](CCCNC(=N)N)C(=O)N[C@H](C(=O)NCC(N)=O)CSCC(=O)N[C@@H](Cc2ccccc2)C(=O)N(C)[C@@H](C)C(=O)N[C@@H](CC(N)=O)C(=O)N2CCCCC2C(=O)N[C@@H](Cc2cnc[nH]2)C(=O)N[C@@H](CC(C)C)C(=O)N(C)CC(=O)N[C@@H](Cc2c[nH]c3ccccc23)C(=O)N[C@@H](CO)C(=O)N[C@@H](Cc2c[nH]c3ccccc23)C(=O)N1C. The molecule has 5 heterocycles. The van der Waals surface area contributed by atoms with E-state index >= 15 is 28.8 Å². The minimum atomic E-state index is -1.85. The molecule has 2 fully saturated rings. The Labute approximate surface area is 775 Å². The molecule has 42 nitrogen and oxygen atoms in total. The van der Waals surface area contributed by atoms with Gasteiger partial charge in [0.25, 0.3) is 0 Å². The Morgan fingerprint density at radius 3 is 1.68 bits per heavy atom. The summed E-state index contributed by atoms with van der Waals surface area (Å²) >= 11 is 0.796. The highest BCUT2D eigenvalue weighted by atomic mass is 32.2. The number of thioether (sulfide) groups is 1. The Morgan fingerprint density at radius 1 is 0.534 bits per heavy atom. The van der Waals surface area contributed by atoms with Crippen molar-refractivity contribution in [2.75, 3.05) is 72.5 Å². The van der Waals surface area contributed by atoms with Gasteiger partial charge >= 0.3 is 0 Å². The average Bonchev–Trinajstić information content (AvgIpc) is 1.75. The number of H-pyrrole nitrogens is 3. The lowest BCUT2D eigenvalue weighted by Crippen LogP contribution is -2.62. The Balaban J connectivity index is 1.19. The van der Waals surface area contributed by atoms with Crippen molar-refractivity contribution in [3.63, 3.8) is 0 Å². The molecule has 13 atom stereocenters. The van der Waals surface area contributed by atoms with Gasteiger partial charge in [-0.3, -0.25) is 86.9 Å². The van der Waals surface area contributed by atoms with Gasteiger partial charge < -0.3 is 120 Å². The number of piperidine rings is 1. The summed E-state index contributed by atoms with van der Waals surface area (Å²) < 4.78 is 0. The first-order valence-corrected chi connectivity index (χ1v) is 45.9. The molecule has 6 aromatic rings. The first kappa shape index (κ1) is 105. The molecule has 0 aliphatic carbocycles. The van der Waals surface area contributed by atoms with E-state index in [9.17, 15) is 57.8 Å². The number of guanidine groups is 1. The highest BCUT2D eigenvalue weighted by Crippen LogP contribution is 2.26. The zero-order valence-electron chi connectivity index (χ0n) is 76.6. The van der Waals surface area contributed by atoms with Gasteiger partial charge in [-0.1, -0.05) is 120 Å². The molecule has 3 aromatic heterocycles. The van der Waals surface area contributed by atoms with E-state index in [0.717, 1.165) is 36.3 Å². The maximum atomic E-state index is 15.7. The number of aliphatic hydroxyl groups is 1. The van der Waals surface area contributed by atoms with Crippen molar-refractivity contribution in [2.45, 2.75) is 222 Å². The Kier molecular flexibility index (Phi) is 40.5. The molecule has 722 valence electrons. The number of rotatable bonds is 26. The molecular weight excluding hydrogens is 1740 g/mol. The van der Waals surface area contributed by atoms with Crippen molar-refractivity contribution in [2.24, 2.45) is 23.1 Å². The number of fused-ring (bicyclic) bond motifs is 3. The van der Waals surface area contributed by atoms with E-state index in [1.807, 2.05) is 13.8 Å². The fraction of sp³-hybridized carbons (Fsp3) is 0.522. The second kappa shape index (κ2) is 51.4. The standard InChI is InChI=1S/C90H128N24O18S/c1-10-12-31-70-83(126)103-61(30-23-34-96-90(93)94)79(122)109-69(78(121)99-45-74(92)117)48-133-49-76(119)102-65(37-53-24-15-14-16-25-53)86(129)111(7)52(5)77(120)105-67(41-73(91)116)88(131)114-35-22-21-33-71(114)84(127)104-63(40-56-44-95-50-100-56)81(124)106-64(36-51(3)4)85(128)110(6)46-75(118)101-62(38-54-42-97-59-28-19-17-26-57(54)59)80(123)108-68(47-115)82(125)107-66(39-55-43-98-60-29-20-18-27-58(55)60)87(130)113(9)72(32-13-11-2)89(132)112(70)8/h14-20,24-29,42-44,50-52,61-72,97-98,115H,10-13,21-23,30-41,45-49H2,1-9H3,(H2,91,116)(H2,92,117)(H,95,100)(H,99,121)(H,101,118)(H,102,119)(H,103,126)(H,104,127)(H,105,120)(H,106,124)(H,107,125)(H,108,123)(H,109,122)(H4,93,94,96)/t52-,61-,62-,63-,64-,65-,66-,67-,68-,69-,70-,71?,72-/m0/s1. The summed E-state index contributed by atoms with van der Waals surface area (Å²) in [5.41, 5.74) is 20.1. The molecule has 43 heteroatoms. The monoisotopic (exact) mass is 1860 g/mol. The number of primary amides is 2. The van der Waals surface area contributed by atoms with E-state index in [2.05, 4.69) is 78.4 Å². The third-order valence-electron chi connectivity index (χ3n) is 23.4. The van der Waals surface area contributed by atoms with Gasteiger partial charge in [0.05, 0.1) is 38.2 Å². The number of unbranched alkanes of at least 4 members (excludes halogenated alkanes) is 2. The number of aromatic amines is 3. The molecule has 133 heavy (non-hydrogen) atoms. The van der Waals surface area contributed by atoms with E-state index in [-0.39, 0.29) is 83.2 Å². The van der Waals surface area contributed by atoms with E-state index < -0.39 is 223 Å². The van der Waals surface area contributed by atoms with Crippen molar-refractivity contribution in [3.8, 4) is 0 Å². The molecule has 2 saturated heterocycles. The summed E-state index contributed by atoms with van der Waals surface area (Å²) in [6.07, 6.45) is 6.53. The van der Waals surface area contributed by atoms with Gasteiger partial charge in [0, 0.05) is 119 Å². The molecule has 0 saturated carbocycles. The summed E-state index contributed by atoms with van der Waals surface area (Å²) in [7, 11) is 5.26. The number of likely N-dealkylation sites (N-methyl/N-ethyl adjacent to an activating group) is 4. The molecule has 3 aromatic carbocycles. The minimum absolute atomic E-state index is 0.00145. The van der Waals surface area contributed by atoms with E-state index in [4.69, 9.17) is 22.6 Å². The predicted octanol–water partition coefficient (Wildman–Crippen LogP) is -1.75. The molecule has 17 amide bonds. The van der Waals surface area contributed by atoms with Crippen molar-refractivity contribution in [1.29, 1.82) is 5.41 Å². The molecule has 22 N–H and O–H groups in total. The van der Waals surface area contributed by atoms with Crippen molar-refractivity contribution in [3.05, 3.63) is 126 Å². The topological polar surface area (TPSA) is 621 Å². The van der Waals surface area contributed by atoms with E-state index in [0.29, 0.717) is 82.7 Å². The average molecular weight is 1870 g/mol. The van der Waals surface area contributed by atoms with Crippen molar-refractivity contribution >= 4 is 140 Å². The normalized spacial score (nSPS) is 23.5. The number of aliphatic hydroxyl groups excluding tert-OH is 1. The number of para-hydroxylation sites is 2. The summed E-state index contributed by atoms with van der Waals surface area (Å²) in [5.74, 6) is -17.1. The van der Waals surface area contributed by atoms with Crippen LogP contribution in [0.2, 0.25) is 0 Å². The summed E-state index contributed by atoms with van der Waals surface area (Å²) in [6, 6.07) is 2.90. The van der Waals surface area contributed by atoms with Crippen LogP contribution in [-0.4, -0.2) is 307 Å². The van der Waals surface area contributed by atoms with Gasteiger partial charge in [-0.05, 0) is 93.0 Å². The number of carbonyl (C=O) groups excluding carboxylic acids is 17. The quantitative estimate of drug-likeness (QED) is 0.0163. The molecule has 1 unspecified atom stereocenters. The summed E-state index contributed by atoms with van der Waals surface area (Å²) in [6.45, 7) is 5.94. The summed E-state index contributed by atoms with van der Waals surface area (Å²) in [4.78, 5) is 268. The minimum Gasteiger partial charge on any atom is -0.394 e. The molecule has 0 spiro atoms. The predicted molar refractivity (Wildman–Crippen MR) is 494 cm³/mol. The van der Waals surface area contributed by atoms with Crippen LogP contribution in [0.4, 0.5) is 0 Å². The number of carbonyl (C=O) groups is 17. The number of hydrogen-bond donors (Lipinski definition) is 19. The first-order chi connectivity index (χ1) is 63.4. The molecule has 0 bridgehead atoms. The van der Waals surface area contributed by atoms with E-state index in [1.165, 1.54) is 47.6 Å². The van der Waals surface area contributed by atoms with Crippen LogP contribution in [-0.2, 0) is 107 Å². The van der Waals surface area contributed by atoms with Crippen LogP contribution in [0.5, 0.6) is 0 Å². The van der Waals surface area contributed by atoms with Gasteiger partial charge in [0.2, 0.25) is 100 Å². The van der Waals surface area contributed by atoms with Crippen LogP contribution in [0.1, 0.15) is 140 Å². The van der Waals surface area contributed by atoms with Gasteiger partial charge in [-0.2, -0.15) is 0 Å². The lowest BCUT2D eigenvalue weighted by molar-refractivity contribution is -0.149. The van der Waals surface area contributed by atoms with Gasteiger partial charge in [-0.15, -0.1) is 11.8 Å². The number of nitrogens with zero attached hydrogens (tertiary/aromatic N) is 6. The maximum absolute atomic E-state index is 15.7. The van der Waals surface area contributed by atoms with Gasteiger partial charge in [-0.25, -0.2) is 4.98 Å². The van der Waals surface area contributed by atoms with Crippen LogP contribution in [0.15, 0.2) is 104 Å². The molecule has 2 aliphatic rings. The highest BCUT2D eigenvalue weighted by molar-refractivity contribution is 8.00. The second-order valence-corrected chi connectivity index (χ2v) is 35.0. The number of nitrogens with one attached hydrogen (secondary N) is 15. The van der Waals surface area contributed by atoms with Crippen LogP contribution in [0.3, 0.4) is 0 Å². The van der Waals surface area contributed by atoms with Crippen molar-refractivity contribution < 1.29 is 86.6 Å². The number of benzene rings is 3. The van der Waals surface area contributed by atoms with Crippen LogP contribution in [0, 0.1) is 11.3 Å². The number of aromatic nitrogens is 4. The second-order valence-electron chi connectivity index (χ2n) is 34.0. The lowest BCUT2D eigenvalue weighted by Gasteiger charge is -2.38. The molecule has 0 radical (unpaired) electrons. The third-order valence-corrected chi connectivity index (χ3v) is 24.4. The maximum Gasteiger partial charge on any atom is 0.246 e. The molecule has 8 rings (SSSR count). The Bertz CT molecular complexity index is 5070. The number of imidazole rings is 1. The van der Waals surface area contributed by atoms with Gasteiger partial charge in [0.1, 0.15) is 78.5 Å². The largest absolute Gasteiger partial charge is 0.394 e. The first-order valence-electron chi connectivity index (χ1n) is 44.7. The number of nitrogens with two attached hydrogens (primary N) is 3. The fourth-order valence-corrected chi connectivity index (χ4v) is 16.8. The van der Waals surface area contributed by atoms with E-state index in [1.54, 1.807) is 105 Å². The third kappa shape index (κ3) is 30.8. The van der Waals surface area contributed by atoms with Gasteiger partial charge in [0.15, 0.2) is 5.96 Å². The van der Waals surface area contributed by atoms with Crippen LogP contribution < -0.4 is 75.7 Å². The number of hydrogen-bond acceptors (Lipinski definition) is 21. The Morgan fingerprint density at radius 2 is 1.08 bits per heavy atom. The van der Waals surface area contributed by atoms with Crippen molar-refractivity contribution in [1.82, 2.24) is 103 Å².